The number of aromatic amines is 1. The summed E-state index contributed by atoms with van der Waals surface area (Å²) < 4.78 is 5.26. The van der Waals surface area contributed by atoms with Gasteiger partial charge in [0.15, 0.2) is 5.65 Å². The molecule has 0 bridgehead atoms. The summed E-state index contributed by atoms with van der Waals surface area (Å²) in [5.41, 5.74) is 0.587. The molecule has 0 aliphatic heterocycles. The van der Waals surface area contributed by atoms with Crippen molar-refractivity contribution in [3.05, 3.63) is 11.5 Å². The van der Waals surface area contributed by atoms with Gasteiger partial charge in [-0.15, -0.1) is 0 Å². The third kappa shape index (κ3) is 1.42. The molecule has 0 fully saturated rings. The molecule has 2 aromatic heterocycles. The highest BCUT2D eigenvalue weighted by Crippen LogP contribution is 2.21. The molecule has 0 atom stereocenters. The van der Waals surface area contributed by atoms with E-state index >= 15 is 0 Å². The van der Waals surface area contributed by atoms with Crippen molar-refractivity contribution >= 4 is 22.6 Å². The summed E-state index contributed by atoms with van der Waals surface area (Å²) in [6, 6.07) is 0. The van der Waals surface area contributed by atoms with Crippen LogP contribution in [0.2, 0.25) is 5.28 Å². The number of nitrogens with one attached hydrogen (secondary N) is 1. The summed E-state index contributed by atoms with van der Waals surface area (Å²) in [6.07, 6.45) is 1.61. The highest BCUT2D eigenvalue weighted by molar-refractivity contribution is 6.28. The van der Waals surface area contributed by atoms with E-state index < -0.39 is 0 Å². The monoisotopic (exact) mass is 198 g/mol. The Kier molecular flexibility index (Phi) is 2.02. The van der Waals surface area contributed by atoms with Crippen LogP contribution in [-0.2, 0) is 0 Å². The van der Waals surface area contributed by atoms with Crippen molar-refractivity contribution in [2.24, 2.45) is 0 Å². The van der Waals surface area contributed by atoms with Gasteiger partial charge in [0, 0.05) is 0 Å². The van der Waals surface area contributed by atoms with Crippen molar-refractivity contribution in [3.63, 3.8) is 0 Å². The molecule has 0 saturated heterocycles. The quantitative estimate of drug-likeness (QED) is 0.741. The second-order valence-corrected chi connectivity index (χ2v) is 2.70. The van der Waals surface area contributed by atoms with Crippen LogP contribution < -0.4 is 4.74 Å². The summed E-state index contributed by atoms with van der Waals surface area (Å²) in [6.45, 7) is 2.41. The zero-order chi connectivity index (χ0) is 9.26. The van der Waals surface area contributed by atoms with Gasteiger partial charge in [-0.3, -0.25) is 5.10 Å². The normalized spacial score (nSPS) is 10.6. The minimum Gasteiger partial charge on any atom is -0.477 e. The number of hydrogen-bond acceptors (Lipinski definition) is 4. The molecular formula is C7H7ClN4O. The molecule has 0 radical (unpaired) electrons. The van der Waals surface area contributed by atoms with Crippen molar-refractivity contribution in [1.29, 1.82) is 0 Å². The van der Waals surface area contributed by atoms with E-state index in [9.17, 15) is 0 Å². The average Bonchev–Trinajstić information content (AvgIpc) is 2.52. The largest absolute Gasteiger partial charge is 0.477 e. The molecule has 1 N–H and O–H groups in total. The molecule has 68 valence electrons. The van der Waals surface area contributed by atoms with E-state index in [2.05, 4.69) is 20.2 Å². The summed E-state index contributed by atoms with van der Waals surface area (Å²) in [5.74, 6) is 0.464. The maximum Gasteiger partial charge on any atom is 0.229 e. The van der Waals surface area contributed by atoms with Gasteiger partial charge in [0.25, 0.3) is 0 Å². The third-order valence-corrected chi connectivity index (χ3v) is 1.70. The zero-order valence-corrected chi connectivity index (χ0v) is 7.67. The van der Waals surface area contributed by atoms with Crippen LogP contribution >= 0.6 is 11.6 Å². The molecule has 2 heterocycles. The predicted molar refractivity (Wildman–Crippen MR) is 47.9 cm³/mol. The molecule has 0 saturated carbocycles. The molecule has 0 spiro atoms. The molecule has 0 aromatic carbocycles. The van der Waals surface area contributed by atoms with Crippen molar-refractivity contribution in [2.45, 2.75) is 6.92 Å². The fourth-order valence-corrected chi connectivity index (χ4v) is 1.19. The molecule has 5 nitrogen and oxygen atoms in total. The number of aromatic nitrogens is 4. The average molecular weight is 199 g/mol. The number of H-pyrrole nitrogens is 1. The van der Waals surface area contributed by atoms with Crippen LogP contribution in [-0.4, -0.2) is 26.8 Å². The van der Waals surface area contributed by atoms with Gasteiger partial charge in [0.2, 0.25) is 11.2 Å². The second-order valence-electron chi connectivity index (χ2n) is 2.36. The lowest BCUT2D eigenvalue weighted by Gasteiger charge is -2.01. The van der Waals surface area contributed by atoms with Crippen LogP contribution in [0.5, 0.6) is 5.88 Å². The zero-order valence-electron chi connectivity index (χ0n) is 6.91. The van der Waals surface area contributed by atoms with Crippen LogP contribution in [0.1, 0.15) is 6.92 Å². The highest BCUT2D eigenvalue weighted by atomic mass is 35.5. The number of fused-ring (bicyclic) bond motifs is 1. The maximum absolute atomic E-state index is 5.67. The Labute approximate surface area is 79.1 Å². The van der Waals surface area contributed by atoms with Gasteiger partial charge in [-0.25, -0.2) is 0 Å². The van der Waals surface area contributed by atoms with Gasteiger partial charge < -0.3 is 4.74 Å². The Morgan fingerprint density at radius 1 is 1.54 bits per heavy atom. The Balaban J connectivity index is 2.63. The Morgan fingerprint density at radius 3 is 3.15 bits per heavy atom. The molecule has 0 aliphatic rings. The van der Waals surface area contributed by atoms with E-state index in [1.807, 2.05) is 6.92 Å². The predicted octanol–water partition coefficient (Wildman–Crippen LogP) is 1.41. The maximum atomic E-state index is 5.67. The van der Waals surface area contributed by atoms with E-state index in [1.165, 1.54) is 0 Å². The number of halogens is 1. The van der Waals surface area contributed by atoms with Crippen molar-refractivity contribution in [3.8, 4) is 5.88 Å². The van der Waals surface area contributed by atoms with Crippen molar-refractivity contribution in [1.82, 2.24) is 20.2 Å². The summed E-state index contributed by atoms with van der Waals surface area (Å²) in [7, 11) is 0. The van der Waals surface area contributed by atoms with E-state index in [4.69, 9.17) is 16.3 Å². The second kappa shape index (κ2) is 3.18. The van der Waals surface area contributed by atoms with Gasteiger partial charge in [0.05, 0.1) is 12.8 Å². The first-order chi connectivity index (χ1) is 6.31. The number of ether oxygens (including phenoxy) is 1. The molecule has 2 aromatic rings. The van der Waals surface area contributed by atoms with Gasteiger partial charge >= 0.3 is 0 Å². The van der Waals surface area contributed by atoms with Crippen LogP contribution in [0, 0.1) is 0 Å². The standard InChI is InChI=1S/C7H7ClN4O/c1-2-13-6-4-3-9-12-5(4)10-7(8)11-6/h3H,2H2,1H3,(H,9,10,11,12). The fraction of sp³-hybridized carbons (Fsp3) is 0.286. The molecule has 0 amide bonds. The first-order valence-electron chi connectivity index (χ1n) is 3.80. The van der Waals surface area contributed by atoms with E-state index in [0.717, 1.165) is 5.39 Å². The van der Waals surface area contributed by atoms with Crippen LogP contribution in [0.4, 0.5) is 0 Å². The summed E-state index contributed by atoms with van der Waals surface area (Å²) in [4.78, 5) is 7.87. The SMILES string of the molecule is CCOc1nc(Cl)nc2[nH]ncc12. The highest BCUT2D eigenvalue weighted by Gasteiger charge is 2.08. The Hall–Kier alpha value is -1.36. The molecular weight excluding hydrogens is 192 g/mol. The summed E-state index contributed by atoms with van der Waals surface area (Å²) >= 11 is 5.67. The lowest BCUT2D eigenvalue weighted by Crippen LogP contribution is -1.96. The first-order valence-corrected chi connectivity index (χ1v) is 4.18. The molecule has 2 rings (SSSR count). The Morgan fingerprint density at radius 2 is 2.38 bits per heavy atom. The van der Waals surface area contributed by atoms with Crippen LogP contribution in [0.25, 0.3) is 11.0 Å². The van der Waals surface area contributed by atoms with Crippen LogP contribution in [0.3, 0.4) is 0 Å². The lowest BCUT2D eigenvalue weighted by molar-refractivity contribution is 0.331. The minimum absolute atomic E-state index is 0.153. The van der Waals surface area contributed by atoms with E-state index in [0.29, 0.717) is 18.1 Å². The smallest absolute Gasteiger partial charge is 0.229 e. The molecule has 6 heteroatoms. The topological polar surface area (TPSA) is 63.7 Å². The third-order valence-electron chi connectivity index (χ3n) is 1.53. The van der Waals surface area contributed by atoms with Gasteiger partial charge in [0.1, 0.15) is 5.39 Å². The van der Waals surface area contributed by atoms with Gasteiger partial charge in [-0.05, 0) is 18.5 Å². The van der Waals surface area contributed by atoms with Crippen molar-refractivity contribution in [2.75, 3.05) is 6.61 Å². The van der Waals surface area contributed by atoms with Gasteiger partial charge in [-0.2, -0.15) is 15.1 Å². The Bertz CT molecular complexity index is 427. The number of rotatable bonds is 2. The van der Waals surface area contributed by atoms with Crippen LogP contribution in [0.15, 0.2) is 6.20 Å². The fourth-order valence-electron chi connectivity index (χ4n) is 1.03. The molecule has 0 aliphatic carbocycles. The minimum atomic E-state index is 0.153. The number of nitrogens with zero attached hydrogens (tertiary/aromatic N) is 3. The number of hydrogen-bond donors (Lipinski definition) is 1. The first kappa shape index (κ1) is 8.25. The van der Waals surface area contributed by atoms with E-state index in [1.54, 1.807) is 6.20 Å². The molecule has 13 heavy (non-hydrogen) atoms. The van der Waals surface area contributed by atoms with E-state index in [-0.39, 0.29) is 5.28 Å². The summed E-state index contributed by atoms with van der Waals surface area (Å²) in [5, 5.41) is 7.41. The lowest BCUT2D eigenvalue weighted by atomic mass is 10.4. The molecule has 0 unspecified atom stereocenters. The van der Waals surface area contributed by atoms with Crippen molar-refractivity contribution < 1.29 is 4.74 Å². The van der Waals surface area contributed by atoms with Gasteiger partial charge in [-0.1, -0.05) is 0 Å².